The maximum atomic E-state index is 14.8. The van der Waals surface area contributed by atoms with E-state index in [9.17, 15) is 31.4 Å². The van der Waals surface area contributed by atoms with Crippen LogP contribution in [0.3, 0.4) is 0 Å². The standard InChI is InChI=1S/C21H9BrF6O/c22-7-10-13(12-9-4-2-1-3-8(9)5-6-11(12)29)14-15(18(25)16(10)23)19(26)21(28)20(27)17(14)24/h1-6,29H,7H2. The van der Waals surface area contributed by atoms with Crippen molar-refractivity contribution in [2.75, 3.05) is 0 Å². The largest absolute Gasteiger partial charge is 0.507 e. The Bertz CT molecular complexity index is 1320. The van der Waals surface area contributed by atoms with Crippen LogP contribution >= 0.6 is 15.9 Å². The fourth-order valence-electron chi connectivity index (χ4n) is 3.50. The minimum atomic E-state index is -2.26. The number of benzene rings is 4. The molecule has 0 fully saturated rings. The third-order valence-electron chi connectivity index (χ3n) is 4.79. The average Bonchev–Trinajstić information content (AvgIpc) is 2.72. The Hall–Kier alpha value is -2.74. The summed E-state index contributed by atoms with van der Waals surface area (Å²) in [6, 6.07) is 9.18. The lowest BCUT2D eigenvalue weighted by Gasteiger charge is -2.18. The second-order valence-electron chi connectivity index (χ2n) is 6.30. The van der Waals surface area contributed by atoms with Gasteiger partial charge in [0.2, 0.25) is 0 Å². The molecular weight excluding hydrogens is 462 g/mol. The zero-order valence-electron chi connectivity index (χ0n) is 14.3. The van der Waals surface area contributed by atoms with E-state index in [4.69, 9.17) is 0 Å². The first-order valence-electron chi connectivity index (χ1n) is 8.22. The van der Waals surface area contributed by atoms with E-state index in [0.717, 1.165) is 0 Å². The van der Waals surface area contributed by atoms with Gasteiger partial charge in [0.05, 0.1) is 5.39 Å². The van der Waals surface area contributed by atoms with Crippen LogP contribution in [0.1, 0.15) is 5.56 Å². The van der Waals surface area contributed by atoms with Crippen molar-refractivity contribution in [1.82, 2.24) is 0 Å². The fourth-order valence-corrected chi connectivity index (χ4v) is 4.03. The van der Waals surface area contributed by atoms with E-state index in [-0.39, 0.29) is 10.9 Å². The Balaban J connectivity index is 2.38. The molecule has 4 aromatic rings. The molecule has 4 aromatic carbocycles. The fraction of sp³-hybridized carbons (Fsp3) is 0.0476. The van der Waals surface area contributed by atoms with Gasteiger partial charge in [0.25, 0.3) is 0 Å². The lowest BCUT2D eigenvalue weighted by molar-refractivity contribution is 0.414. The number of rotatable bonds is 2. The van der Waals surface area contributed by atoms with Crippen molar-refractivity contribution in [2.45, 2.75) is 5.33 Å². The van der Waals surface area contributed by atoms with Gasteiger partial charge in [-0.05, 0) is 16.8 Å². The van der Waals surface area contributed by atoms with Crippen LogP contribution in [0.15, 0.2) is 36.4 Å². The van der Waals surface area contributed by atoms with Crippen LogP contribution in [-0.2, 0) is 5.33 Å². The van der Waals surface area contributed by atoms with Gasteiger partial charge in [-0.1, -0.05) is 46.3 Å². The summed E-state index contributed by atoms with van der Waals surface area (Å²) in [6.07, 6.45) is 0. The molecule has 0 spiro atoms. The van der Waals surface area contributed by atoms with Gasteiger partial charge in [0.1, 0.15) is 5.75 Å². The van der Waals surface area contributed by atoms with Crippen molar-refractivity contribution < 1.29 is 31.4 Å². The molecule has 0 bridgehead atoms. The first-order chi connectivity index (χ1) is 13.8. The summed E-state index contributed by atoms with van der Waals surface area (Å²) in [7, 11) is 0. The Morgan fingerprint density at radius 3 is 1.90 bits per heavy atom. The van der Waals surface area contributed by atoms with Crippen molar-refractivity contribution in [1.29, 1.82) is 0 Å². The highest BCUT2D eigenvalue weighted by atomic mass is 79.9. The number of aromatic hydroxyl groups is 1. The molecule has 1 nitrogen and oxygen atoms in total. The first-order valence-corrected chi connectivity index (χ1v) is 9.34. The molecule has 148 valence electrons. The molecule has 4 rings (SSSR count). The van der Waals surface area contributed by atoms with E-state index in [0.29, 0.717) is 10.8 Å². The third kappa shape index (κ3) is 2.69. The van der Waals surface area contributed by atoms with Crippen molar-refractivity contribution in [3.8, 4) is 16.9 Å². The van der Waals surface area contributed by atoms with Crippen LogP contribution in [-0.4, -0.2) is 5.11 Å². The highest BCUT2D eigenvalue weighted by Crippen LogP contribution is 2.46. The van der Waals surface area contributed by atoms with E-state index >= 15 is 0 Å². The molecule has 0 saturated heterocycles. The van der Waals surface area contributed by atoms with Gasteiger partial charge in [0, 0.05) is 27.4 Å². The highest BCUT2D eigenvalue weighted by Gasteiger charge is 2.31. The quantitative estimate of drug-likeness (QED) is 0.143. The van der Waals surface area contributed by atoms with Crippen molar-refractivity contribution in [3.63, 3.8) is 0 Å². The van der Waals surface area contributed by atoms with Crippen LogP contribution < -0.4 is 0 Å². The number of halogens is 7. The number of hydrogen-bond acceptors (Lipinski definition) is 1. The molecule has 0 aromatic heterocycles. The van der Waals surface area contributed by atoms with Crippen LogP contribution in [0.4, 0.5) is 26.3 Å². The molecule has 0 amide bonds. The van der Waals surface area contributed by atoms with Crippen LogP contribution in [0, 0.1) is 34.9 Å². The Kier molecular flexibility index (Phi) is 4.69. The molecule has 0 radical (unpaired) electrons. The summed E-state index contributed by atoms with van der Waals surface area (Å²) in [5.74, 6) is -12.2. The van der Waals surface area contributed by atoms with Gasteiger partial charge < -0.3 is 5.11 Å². The predicted octanol–water partition coefficient (Wildman–Crippen LogP) is 7.10. The molecule has 8 heteroatoms. The summed E-state index contributed by atoms with van der Waals surface area (Å²) < 4.78 is 86.2. The van der Waals surface area contributed by atoms with Gasteiger partial charge in [-0.15, -0.1) is 0 Å². The van der Waals surface area contributed by atoms with Crippen molar-refractivity contribution >= 4 is 37.5 Å². The smallest absolute Gasteiger partial charge is 0.198 e. The van der Waals surface area contributed by atoms with E-state index < -0.39 is 62.6 Å². The second-order valence-corrected chi connectivity index (χ2v) is 6.86. The van der Waals surface area contributed by atoms with Gasteiger partial charge >= 0.3 is 0 Å². The second kappa shape index (κ2) is 6.95. The minimum Gasteiger partial charge on any atom is -0.507 e. The number of phenols is 1. The molecular formula is C21H9BrF6O. The molecule has 0 aliphatic carbocycles. The van der Waals surface area contributed by atoms with Crippen LogP contribution in [0.2, 0.25) is 0 Å². The Morgan fingerprint density at radius 2 is 1.24 bits per heavy atom. The predicted molar refractivity (Wildman–Crippen MR) is 101 cm³/mol. The summed E-state index contributed by atoms with van der Waals surface area (Å²) in [6.45, 7) is 0. The Labute approximate surface area is 168 Å². The summed E-state index contributed by atoms with van der Waals surface area (Å²) >= 11 is 2.97. The van der Waals surface area contributed by atoms with Gasteiger partial charge in [-0.2, -0.15) is 0 Å². The molecule has 29 heavy (non-hydrogen) atoms. The summed E-state index contributed by atoms with van der Waals surface area (Å²) in [5.41, 5.74) is -1.11. The third-order valence-corrected chi connectivity index (χ3v) is 5.35. The van der Waals surface area contributed by atoms with E-state index in [1.807, 2.05) is 0 Å². The lowest BCUT2D eigenvalue weighted by Crippen LogP contribution is -2.06. The SMILES string of the molecule is Oc1ccc2ccccc2c1-c1c(CBr)c(F)c(F)c2c(F)c(F)c(F)c(F)c12. The lowest BCUT2D eigenvalue weighted by atomic mass is 9.88. The summed E-state index contributed by atoms with van der Waals surface area (Å²) in [4.78, 5) is 0. The molecule has 0 heterocycles. The van der Waals surface area contributed by atoms with Crippen LogP contribution in [0.5, 0.6) is 5.75 Å². The first kappa shape index (κ1) is 19.6. The average molecular weight is 471 g/mol. The number of phenolic OH excluding ortho intramolecular Hbond substituents is 1. The number of hydrogen-bond donors (Lipinski definition) is 1. The molecule has 1 N–H and O–H groups in total. The molecule has 0 unspecified atom stereocenters. The zero-order chi connectivity index (χ0) is 21.0. The maximum Gasteiger partial charge on any atom is 0.198 e. The van der Waals surface area contributed by atoms with E-state index in [1.165, 1.54) is 18.2 Å². The molecule has 0 atom stereocenters. The molecule has 0 aliphatic rings. The normalized spacial score (nSPS) is 11.6. The topological polar surface area (TPSA) is 20.2 Å². The molecule has 0 saturated carbocycles. The summed E-state index contributed by atoms with van der Waals surface area (Å²) in [5, 5.41) is 8.57. The number of alkyl halides is 1. The van der Waals surface area contributed by atoms with Crippen molar-refractivity contribution in [2.24, 2.45) is 0 Å². The van der Waals surface area contributed by atoms with Gasteiger partial charge in [0.15, 0.2) is 34.9 Å². The molecule has 0 aliphatic heterocycles. The van der Waals surface area contributed by atoms with E-state index in [2.05, 4.69) is 15.9 Å². The van der Waals surface area contributed by atoms with Crippen LogP contribution in [0.25, 0.3) is 32.7 Å². The highest BCUT2D eigenvalue weighted by molar-refractivity contribution is 9.08. The Morgan fingerprint density at radius 1 is 0.655 bits per heavy atom. The van der Waals surface area contributed by atoms with Crippen molar-refractivity contribution in [3.05, 3.63) is 76.9 Å². The van der Waals surface area contributed by atoms with Gasteiger partial charge in [-0.3, -0.25) is 0 Å². The maximum absolute atomic E-state index is 14.8. The van der Waals surface area contributed by atoms with Gasteiger partial charge in [-0.25, -0.2) is 26.3 Å². The number of fused-ring (bicyclic) bond motifs is 2. The zero-order valence-corrected chi connectivity index (χ0v) is 15.9. The minimum absolute atomic E-state index is 0.161. The van der Waals surface area contributed by atoms with E-state index in [1.54, 1.807) is 18.2 Å². The monoisotopic (exact) mass is 470 g/mol.